The summed E-state index contributed by atoms with van der Waals surface area (Å²) in [6.07, 6.45) is 3.39. The lowest BCUT2D eigenvalue weighted by molar-refractivity contribution is -0.121. The van der Waals surface area contributed by atoms with Gasteiger partial charge in [-0.2, -0.15) is 0 Å². The zero-order valence-corrected chi connectivity index (χ0v) is 16.0. The van der Waals surface area contributed by atoms with Crippen molar-refractivity contribution in [1.82, 2.24) is 10.2 Å². The van der Waals surface area contributed by atoms with Gasteiger partial charge >= 0.3 is 0 Å². The number of carbonyl (C=O) groups is 1. The van der Waals surface area contributed by atoms with E-state index >= 15 is 0 Å². The van der Waals surface area contributed by atoms with Gasteiger partial charge in [0.2, 0.25) is 5.91 Å². The van der Waals surface area contributed by atoms with Crippen LogP contribution >= 0.6 is 0 Å². The van der Waals surface area contributed by atoms with E-state index in [4.69, 9.17) is 9.47 Å². The second-order valence-corrected chi connectivity index (χ2v) is 8.06. The molecule has 2 fully saturated rings. The van der Waals surface area contributed by atoms with Gasteiger partial charge in [0.25, 0.3) is 0 Å². The number of amides is 1. The van der Waals surface area contributed by atoms with Gasteiger partial charge in [-0.15, -0.1) is 0 Å². The summed E-state index contributed by atoms with van der Waals surface area (Å²) < 4.78 is 11.2. The van der Waals surface area contributed by atoms with Gasteiger partial charge in [-0.25, -0.2) is 0 Å². The number of nitrogens with one attached hydrogen (secondary N) is 1. The van der Waals surface area contributed by atoms with Gasteiger partial charge in [0.05, 0.1) is 19.3 Å². The van der Waals surface area contributed by atoms with Crippen LogP contribution in [0.4, 0.5) is 0 Å². The molecule has 0 aromatic heterocycles. The molecule has 1 aromatic rings. The van der Waals surface area contributed by atoms with E-state index in [9.17, 15) is 9.90 Å². The van der Waals surface area contributed by atoms with E-state index in [1.165, 1.54) is 12.5 Å². The highest BCUT2D eigenvalue weighted by Crippen LogP contribution is 2.37. The number of benzene rings is 1. The van der Waals surface area contributed by atoms with Crippen LogP contribution in [0.15, 0.2) is 23.8 Å². The fraction of sp³-hybridized carbons (Fsp3) is 0.571. The van der Waals surface area contributed by atoms with Gasteiger partial charge in [0.1, 0.15) is 18.1 Å². The molecule has 0 spiro atoms. The fourth-order valence-electron chi connectivity index (χ4n) is 4.78. The minimum atomic E-state index is -0.438. The lowest BCUT2D eigenvalue weighted by Gasteiger charge is -2.35. The second kappa shape index (κ2) is 7.52. The Morgan fingerprint density at radius 3 is 2.85 bits per heavy atom. The summed E-state index contributed by atoms with van der Waals surface area (Å²) in [5.74, 6) is 2.70. The molecule has 0 radical (unpaired) electrons. The average molecular weight is 372 g/mol. The summed E-state index contributed by atoms with van der Waals surface area (Å²) in [4.78, 5) is 13.8. The van der Waals surface area contributed by atoms with E-state index < -0.39 is 6.10 Å². The fourth-order valence-corrected chi connectivity index (χ4v) is 4.78. The molecular weight excluding hydrogens is 344 g/mol. The van der Waals surface area contributed by atoms with Crippen LogP contribution in [0.25, 0.3) is 6.08 Å². The Labute approximate surface area is 160 Å². The normalized spacial score (nSPS) is 30.0. The molecule has 1 aliphatic carbocycles. The number of rotatable bonds is 4. The van der Waals surface area contributed by atoms with Crippen molar-refractivity contribution in [3.8, 4) is 11.5 Å². The molecule has 1 saturated carbocycles. The first-order valence-electron chi connectivity index (χ1n) is 9.69. The van der Waals surface area contributed by atoms with Crippen molar-refractivity contribution in [3.63, 3.8) is 0 Å². The summed E-state index contributed by atoms with van der Waals surface area (Å²) >= 11 is 0. The van der Waals surface area contributed by atoms with Crippen LogP contribution in [0.3, 0.4) is 0 Å². The smallest absolute Gasteiger partial charge is 0.217 e. The Balaban J connectivity index is 1.40. The first-order valence-corrected chi connectivity index (χ1v) is 9.69. The van der Waals surface area contributed by atoms with E-state index in [2.05, 4.69) is 16.3 Å². The van der Waals surface area contributed by atoms with Crippen LogP contribution < -0.4 is 14.8 Å². The Morgan fingerprint density at radius 2 is 2.11 bits per heavy atom. The van der Waals surface area contributed by atoms with E-state index in [1.807, 2.05) is 18.2 Å². The molecule has 0 unspecified atom stereocenters. The van der Waals surface area contributed by atoms with Gasteiger partial charge in [0, 0.05) is 32.1 Å². The summed E-state index contributed by atoms with van der Waals surface area (Å²) in [7, 11) is 1.67. The van der Waals surface area contributed by atoms with Gasteiger partial charge < -0.3 is 19.9 Å². The Kier molecular flexibility index (Phi) is 5.10. The van der Waals surface area contributed by atoms with E-state index in [1.54, 1.807) is 7.11 Å². The maximum Gasteiger partial charge on any atom is 0.217 e. The Morgan fingerprint density at radius 1 is 1.33 bits per heavy atom. The van der Waals surface area contributed by atoms with Crippen molar-refractivity contribution in [2.75, 3.05) is 33.4 Å². The molecule has 6 nitrogen and oxygen atoms in total. The highest BCUT2D eigenvalue weighted by molar-refractivity contribution is 5.73. The molecule has 6 heteroatoms. The van der Waals surface area contributed by atoms with Gasteiger partial charge in [-0.05, 0) is 54.5 Å². The third-order valence-electron chi connectivity index (χ3n) is 6.02. The predicted molar refractivity (Wildman–Crippen MR) is 103 cm³/mol. The molecular formula is C21H28N2O4. The zero-order valence-electron chi connectivity index (χ0n) is 16.0. The van der Waals surface area contributed by atoms with Crippen LogP contribution in [0.5, 0.6) is 11.5 Å². The quantitative estimate of drug-likeness (QED) is 0.842. The zero-order chi connectivity index (χ0) is 19.0. The van der Waals surface area contributed by atoms with Crippen molar-refractivity contribution in [2.24, 2.45) is 11.8 Å². The lowest BCUT2D eigenvalue weighted by Crippen LogP contribution is -2.48. The number of ether oxygens (including phenoxy) is 2. The SMILES string of the molecule is COc1ccc2c(c1)C=C(CN1C[C@H]3C[C@@H](NC(C)=O)[C@H](O)C[C@H]3C1)CO2. The highest BCUT2D eigenvalue weighted by atomic mass is 16.5. The van der Waals surface area contributed by atoms with E-state index in [-0.39, 0.29) is 11.9 Å². The molecule has 2 N–H and O–H groups in total. The van der Waals surface area contributed by atoms with Crippen LogP contribution in [-0.4, -0.2) is 61.4 Å². The number of carbonyl (C=O) groups excluding carboxylic acids is 1. The van der Waals surface area contributed by atoms with Gasteiger partial charge in [-0.1, -0.05) is 0 Å². The van der Waals surface area contributed by atoms with Crippen molar-refractivity contribution in [3.05, 3.63) is 29.3 Å². The molecule has 146 valence electrons. The number of aliphatic hydroxyl groups is 1. The van der Waals surface area contributed by atoms with E-state index in [0.717, 1.165) is 49.5 Å². The summed E-state index contributed by atoms with van der Waals surface area (Å²) in [5, 5.41) is 13.3. The third-order valence-corrected chi connectivity index (χ3v) is 6.02. The molecule has 4 atom stereocenters. The van der Waals surface area contributed by atoms with Crippen molar-refractivity contribution in [1.29, 1.82) is 0 Å². The van der Waals surface area contributed by atoms with Crippen LogP contribution in [0.1, 0.15) is 25.3 Å². The molecule has 1 amide bonds. The van der Waals surface area contributed by atoms with Crippen molar-refractivity contribution >= 4 is 12.0 Å². The Hall–Kier alpha value is -2.05. The summed E-state index contributed by atoms with van der Waals surface area (Å²) in [6, 6.07) is 5.77. The summed E-state index contributed by atoms with van der Waals surface area (Å²) in [6.45, 7) is 5.02. The maximum absolute atomic E-state index is 11.4. The number of likely N-dealkylation sites (tertiary alicyclic amines) is 1. The molecule has 2 aliphatic heterocycles. The first-order chi connectivity index (χ1) is 13.0. The highest BCUT2D eigenvalue weighted by Gasteiger charge is 2.42. The summed E-state index contributed by atoms with van der Waals surface area (Å²) in [5.41, 5.74) is 2.32. The number of hydrogen-bond acceptors (Lipinski definition) is 5. The van der Waals surface area contributed by atoms with Gasteiger partial charge in [0.15, 0.2) is 0 Å². The largest absolute Gasteiger partial charge is 0.497 e. The molecule has 0 bridgehead atoms. The standard InChI is InChI=1S/C21H28N2O4/c1-13(24)22-19-7-16-10-23(11-17(16)8-20(19)25)9-14-5-15-6-18(26-2)3-4-21(15)27-12-14/h3-6,16-17,19-20,25H,7-12H2,1-2H3,(H,22,24)/t16-,17+,19-,20-/m1/s1. The second-order valence-electron chi connectivity index (χ2n) is 8.06. The molecule has 1 aromatic carbocycles. The van der Waals surface area contributed by atoms with Crippen LogP contribution in [-0.2, 0) is 4.79 Å². The van der Waals surface area contributed by atoms with Crippen LogP contribution in [0, 0.1) is 11.8 Å². The molecule has 27 heavy (non-hydrogen) atoms. The van der Waals surface area contributed by atoms with Crippen molar-refractivity contribution < 1.29 is 19.4 Å². The third kappa shape index (κ3) is 3.96. The van der Waals surface area contributed by atoms with E-state index in [0.29, 0.717) is 18.4 Å². The van der Waals surface area contributed by atoms with Crippen LogP contribution in [0.2, 0.25) is 0 Å². The van der Waals surface area contributed by atoms with Gasteiger partial charge in [-0.3, -0.25) is 9.69 Å². The number of fused-ring (bicyclic) bond motifs is 2. The predicted octanol–water partition coefficient (Wildman–Crippen LogP) is 1.68. The molecule has 1 saturated heterocycles. The number of nitrogens with zero attached hydrogens (tertiary/aromatic N) is 1. The Bertz CT molecular complexity index is 748. The average Bonchev–Trinajstić information content (AvgIpc) is 3.01. The topological polar surface area (TPSA) is 71.0 Å². The monoisotopic (exact) mass is 372 g/mol. The maximum atomic E-state index is 11.4. The number of hydrogen-bond donors (Lipinski definition) is 2. The minimum absolute atomic E-state index is 0.0639. The first kappa shape index (κ1) is 18.3. The molecule has 3 aliphatic rings. The van der Waals surface area contributed by atoms with Crippen molar-refractivity contribution in [2.45, 2.75) is 31.9 Å². The minimum Gasteiger partial charge on any atom is -0.497 e. The number of aliphatic hydroxyl groups excluding tert-OH is 1. The molecule has 4 rings (SSSR count). The molecule has 2 heterocycles. The number of methoxy groups -OCH3 is 1. The lowest BCUT2D eigenvalue weighted by atomic mass is 9.77.